The molecule has 1 unspecified atom stereocenters. The van der Waals surface area contributed by atoms with Crippen molar-refractivity contribution in [2.24, 2.45) is 0 Å². The first-order valence-electron chi connectivity index (χ1n) is 8.42. The molecule has 0 aliphatic heterocycles. The highest BCUT2D eigenvalue weighted by Crippen LogP contribution is 2.29. The van der Waals surface area contributed by atoms with E-state index in [4.69, 9.17) is 4.74 Å². The minimum atomic E-state index is -2.06. The molecule has 0 N–H and O–H groups in total. The van der Waals surface area contributed by atoms with Crippen molar-refractivity contribution in [3.63, 3.8) is 0 Å². The molecule has 0 saturated carbocycles. The fourth-order valence-electron chi connectivity index (χ4n) is 2.90. The maximum atomic E-state index is 12.7. The third-order valence-electron chi connectivity index (χ3n) is 4.48. The fraction of sp³-hybridized carbons (Fsp3) is 0.286. The van der Waals surface area contributed by atoms with Crippen molar-refractivity contribution >= 4 is 24.8 Å². The van der Waals surface area contributed by atoms with E-state index < -0.39 is 8.07 Å². The summed E-state index contributed by atoms with van der Waals surface area (Å²) in [6.45, 7) is 8.81. The summed E-state index contributed by atoms with van der Waals surface area (Å²) in [5, 5.41) is 1.26. The van der Waals surface area contributed by atoms with Crippen LogP contribution in [0.5, 0.6) is 0 Å². The van der Waals surface area contributed by atoms with Gasteiger partial charge in [-0.1, -0.05) is 85.0 Å². The van der Waals surface area contributed by atoms with Gasteiger partial charge in [-0.15, -0.1) is 0 Å². The largest absolute Gasteiger partial charge is 0.466 e. The van der Waals surface area contributed by atoms with E-state index in [-0.39, 0.29) is 11.5 Å². The number of hydrogen-bond donors (Lipinski definition) is 0. The molecule has 0 aromatic heterocycles. The predicted octanol–water partition coefficient (Wildman–Crippen LogP) is 4.64. The lowest BCUT2D eigenvalue weighted by Gasteiger charge is -2.30. The number of ether oxygens (including phenoxy) is 1. The maximum absolute atomic E-state index is 12.7. The van der Waals surface area contributed by atoms with Crippen LogP contribution in [0.4, 0.5) is 0 Å². The first kappa shape index (κ1) is 18.2. The van der Waals surface area contributed by atoms with Crippen molar-refractivity contribution in [1.29, 1.82) is 0 Å². The summed E-state index contributed by atoms with van der Waals surface area (Å²) in [6.07, 6.45) is 2.10. The normalized spacial score (nSPS) is 13.4. The van der Waals surface area contributed by atoms with Gasteiger partial charge in [-0.2, -0.15) is 0 Å². The molecule has 0 amide bonds. The first-order chi connectivity index (χ1) is 11.5. The van der Waals surface area contributed by atoms with Crippen LogP contribution in [0.2, 0.25) is 18.6 Å². The van der Waals surface area contributed by atoms with Crippen molar-refractivity contribution in [3.8, 4) is 0 Å². The Hall–Kier alpha value is -2.13. The highest BCUT2D eigenvalue weighted by Gasteiger charge is 2.38. The molecule has 2 nitrogen and oxygen atoms in total. The summed E-state index contributed by atoms with van der Waals surface area (Å²) in [6, 6.07) is 20.5. The van der Waals surface area contributed by atoms with Crippen LogP contribution in [0, 0.1) is 0 Å². The molecule has 0 aliphatic rings. The van der Waals surface area contributed by atoms with Gasteiger partial charge in [0.1, 0.15) is 8.07 Å². The van der Waals surface area contributed by atoms with Gasteiger partial charge in [0.15, 0.2) is 0 Å². The SMILES string of the molecule is CCOC(=O)C(/C=C(\C)c1ccccc1)[Si](C)(C)c1ccccc1. The summed E-state index contributed by atoms with van der Waals surface area (Å²) in [5.41, 5.74) is 2.05. The molecule has 0 radical (unpaired) electrons. The van der Waals surface area contributed by atoms with Gasteiger partial charge in [0.2, 0.25) is 0 Å². The van der Waals surface area contributed by atoms with Gasteiger partial charge < -0.3 is 4.74 Å². The number of allylic oxidation sites excluding steroid dienone is 1. The van der Waals surface area contributed by atoms with E-state index in [1.807, 2.05) is 43.3 Å². The van der Waals surface area contributed by atoms with E-state index in [1.165, 1.54) is 5.19 Å². The van der Waals surface area contributed by atoms with Crippen LogP contribution in [0.3, 0.4) is 0 Å². The Labute approximate surface area is 146 Å². The summed E-state index contributed by atoms with van der Waals surface area (Å²) < 4.78 is 5.40. The topological polar surface area (TPSA) is 26.3 Å². The lowest BCUT2D eigenvalue weighted by Crippen LogP contribution is -2.48. The van der Waals surface area contributed by atoms with Crippen molar-refractivity contribution in [3.05, 3.63) is 72.3 Å². The van der Waals surface area contributed by atoms with Gasteiger partial charge in [-0.3, -0.25) is 4.79 Å². The molecule has 2 aromatic rings. The van der Waals surface area contributed by atoms with E-state index in [1.54, 1.807) is 0 Å². The van der Waals surface area contributed by atoms with E-state index >= 15 is 0 Å². The van der Waals surface area contributed by atoms with Gasteiger partial charge in [-0.25, -0.2) is 0 Å². The van der Waals surface area contributed by atoms with Crippen molar-refractivity contribution in [2.45, 2.75) is 32.5 Å². The van der Waals surface area contributed by atoms with Crippen molar-refractivity contribution in [1.82, 2.24) is 0 Å². The standard InChI is InChI=1S/C21H26O2Si/c1-5-23-21(22)20(16-17(2)18-12-8-6-9-13-18)24(3,4)19-14-10-7-11-15-19/h6-16,20H,5H2,1-4H3/b17-16+. The Bertz CT molecular complexity index is 690. The summed E-state index contributed by atoms with van der Waals surface area (Å²) in [5.74, 6) is -0.117. The highest BCUT2D eigenvalue weighted by molar-refractivity contribution is 6.93. The van der Waals surface area contributed by atoms with Gasteiger partial charge >= 0.3 is 5.97 Å². The fourth-order valence-corrected chi connectivity index (χ4v) is 5.65. The minimum absolute atomic E-state index is 0.117. The van der Waals surface area contributed by atoms with Gasteiger partial charge in [-0.05, 0) is 25.0 Å². The molecule has 2 rings (SSSR count). The first-order valence-corrected chi connectivity index (χ1v) is 11.5. The summed E-state index contributed by atoms with van der Waals surface area (Å²) in [7, 11) is -2.06. The van der Waals surface area contributed by atoms with Crippen LogP contribution in [0.25, 0.3) is 5.57 Å². The second kappa shape index (κ2) is 8.11. The molecule has 3 heteroatoms. The Morgan fingerprint density at radius 1 is 1.04 bits per heavy atom. The molecular weight excluding hydrogens is 312 g/mol. The van der Waals surface area contributed by atoms with Crippen LogP contribution in [0.15, 0.2) is 66.7 Å². The summed E-state index contributed by atoms with van der Waals surface area (Å²) >= 11 is 0. The molecule has 126 valence electrons. The molecule has 0 fully saturated rings. The number of carbonyl (C=O) groups is 1. The Morgan fingerprint density at radius 2 is 1.58 bits per heavy atom. The van der Waals surface area contributed by atoms with Crippen LogP contribution in [-0.2, 0) is 9.53 Å². The zero-order chi connectivity index (χ0) is 17.6. The monoisotopic (exact) mass is 338 g/mol. The Morgan fingerprint density at radius 3 is 2.12 bits per heavy atom. The molecule has 2 aromatic carbocycles. The Balaban J connectivity index is 2.44. The second-order valence-electron chi connectivity index (χ2n) is 6.53. The van der Waals surface area contributed by atoms with Gasteiger partial charge in [0.05, 0.1) is 12.1 Å². The average Bonchev–Trinajstić information content (AvgIpc) is 2.61. The maximum Gasteiger partial charge on any atom is 0.310 e. The number of benzene rings is 2. The number of esters is 1. The number of rotatable bonds is 6. The Kier molecular flexibility index (Phi) is 6.15. The lowest BCUT2D eigenvalue weighted by atomic mass is 10.1. The molecule has 0 spiro atoms. The highest BCUT2D eigenvalue weighted by atomic mass is 28.3. The summed E-state index contributed by atoms with van der Waals surface area (Å²) in [4.78, 5) is 12.7. The lowest BCUT2D eigenvalue weighted by molar-refractivity contribution is -0.142. The third kappa shape index (κ3) is 4.23. The molecule has 0 aliphatic carbocycles. The van der Waals surface area contributed by atoms with Gasteiger partial charge in [0, 0.05) is 0 Å². The predicted molar refractivity (Wildman–Crippen MR) is 104 cm³/mol. The van der Waals surface area contributed by atoms with Crippen LogP contribution in [-0.4, -0.2) is 20.7 Å². The zero-order valence-corrected chi connectivity index (χ0v) is 16.0. The molecule has 0 saturated heterocycles. The molecule has 24 heavy (non-hydrogen) atoms. The molecule has 1 atom stereocenters. The van der Waals surface area contributed by atoms with E-state index in [0.717, 1.165) is 11.1 Å². The second-order valence-corrected chi connectivity index (χ2v) is 11.2. The zero-order valence-electron chi connectivity index (χ0n) is 15.0. The van der Waals surface area contributed by atoms with E-state index in [9.17, 15) is 4.79 Å². The van der Waals surface area contributed by atoms with Gasteiger partial charge in [0.25, 0.3) is 0 Å². The molecular formula is C21H26O2Si. The van der Waals surface area contributed by atoms with Crippen LogP contribution in [0.1, 0.15) is 19.4 Å². The molecule has 0 heterocycles. The van der Waals surface area contributed by atoms with Crippen molar-refractivity contribution < 1.29 is 9.53 Å². The average molecular weight is 339 g/mol. The third-order valence-corrected chi connectivity index (χ3v) is 8.26. The van der Waals surface area contributed by atoms with Crippen LogP contribution < -0.4 is 5.19 Å². The smallest absolute Gasteiger partial charge is 0.310 e. The van der Waals surface area contributed by atoms with Crippen LogP contribution >= 0.6 is 0 Å². The number of carbonyl (C=O) groups excluding carboxylic acids is 1. The molecule has 0 bridgehead atoms. The van der Waals surface area contributed by atoms with Crippen molar-refractivity contribution in [2.75, 3.05) is 6.61 Å². The van der Waals surface area contributed by atoms with E-state index in [0.29, 0.717) is 6.61 Å². The number of hydrogen-bond acceptors (Lipinski definition) is 2. The van der Waals surface area contributed by atoms with E-state index in [2.05, 4.69) is 50.4 Å². The minimum Gasteiger partial charge on any atom is -0.466 e. The quantitative estimate of drug-likeness (QED) is 0.566.